The summed E-state index contributed by atoms with van der Waals surface area (Å²) >= 11 is 0.654. The molecule has 0 saturated carbocycles. The first-order valence-electron chi connectivity index (χ1n) is 6.11. The van der Waals surface area contributed by atoms with Crippen LogP contribution >= 0.6 is 11.3 Å². The third-order valence-corrected chi connectivity index (χ3v) is 6.19. The van der Waals surface area contributed by atoms with Crippen molar-refractivity contribution in [2.45, 2.75) is 17.6 Å². The molecule has 110 valence electrons. The minimum Gasteiger partial charge on any atom is -0.315 e. The van der Waals surface area contributed by atoms with Crippen LogP contribution in [0, 0.1) is 18.3 Å². The second kappa shape index (κ2) is 6.11. The summed E-state index contributed by atoms with van der Waals surface area (Å²) in [5.74, 6) is 0. The van der Waals surface area contributed by atoms with Crippen LogP contribution in [-0.4, -0.2) is 19.9 Å². The van der Waals surface area contributed by atoms with Crippen LogP contribution in [0.4, 0.5) is 5.69 Å². The number of thiazole rings is 1. The van der Waals surface area contributed by atoms with Crippen LogP contribution < -0.4 is 9.18 Å². The van der Waals surface area contributed by atoms with Crippen LogP contribution in [-0.2, 0) is 10.0 Å². The van der Waals surface area contributed by atoms with Crippen molar-refractivity contribution < 1.29 is 8.42 Å². The number of nitrogens with zero attached hydrogens (tertiary/aromatic N) is 2. The molecule has 1 heterocycles. The number of aromatic amines is 1. The highest BCUT2D eigenvalue weighted by Crippen LogP contribution is 2.26. The summed E-state index contributed by atoms with van der Waals surface area (Å²) in [6.45, 7) is 1.58. The van der Waals surface area contributed by atoms with Crippen LogP contribution in [0.2, 0.25) is 0 Å². The van der Waals surface area contributed by atoms with E-state index < -0.39 is 14.9 Å². The standard InChI is InChI=1S/C13H13N3O3S2/c1-10-12(20-13(17)15-10)21(18,19)16(9-5-8-14)11-6-3-2-4-7-11/h2-4,6-7H,5,9H2,1H3,(H,15,17). The van der Waals surface area contributed by atoms with Crippen molar-refractivity contribution in [1.29, 1.82) is 5.26 Å². The smallest absolute Gasteiger partial charge is 0.306 e. The van der Waals surface area contributed by atoms with Crippen molar-refractivity contribution in [3.63, 3.8) is 0 Å². The Balaban J connectivity index is 2.53. The van der Waals surface area contributed by atoms with E-state index in [9.17, 15) is 13.2 Å². The molecule has 0 aliphatic heterocycles. The van der Waals surface area contributed by atoms with Crippen molar-refractivity contribution >= 4 is 27.0 Å². The van der Waals surface area contributed by atoms with Crippen molar-refractivity contribution in [1.82, 2.24) is 4.98 Å². The second-order valence-electron chi connectivity index (χ2n) is 4.25. The van der Waals surface area contributed by atoms with Gasteiger partial charge in [-0.3, -0.25) is 9.10 Å². The van der Waals surface area contributed by atoms with E-state index in [1.807, 2.05) is 6.07 Å². The molecule has 8 heteroatoms. The fourth-order valence-corrected chi connectivity index (χ4v) is 4.73. The van der Waals surface area contributed by atoms with Gasteiger partial charge in [0.1, 0.15) is 0 Å². The molecule has 1 aromatic heterocycles. The molecule has 0 aliphatic carbocycles. The SMILES string of the molecule is Cc1[nH]c(=O)sc1S(=O)(=O)N(CCC#N)c1ccccc1. The topological polar surface area (TPSA) is 94.0 Å². The predicted molar refractivity (Wildman–Crippen MR) is 80.9 cm³/mol. The molecule has 0 saturated heterocycles. The molecule has 0 aliphatic rings. The zero-order valence-corrected chi connectivity index (χ0v) is 12.9. The number of aryl methyl sites for hydroxylation is 1. The minimum atomic E-state index is -3.87. The van der Waals surface area contributed by atoms with Crippen molar-refractivity contribution in [3.8, 4) is 6.07 Å². The average Bonchev–Trinajstić information content (AvgIpc) is 2.80. The maximum Gasteiger partial charge on any atom is 0.306 e. The summed E-state index contributed by atoms with van der Waals surface area (Å²) in [6.07, 6.45) is 0.0620. The van der Waals surface area contributed by atoms with E-state index in [0.717, 1.165) is 4.31 Å². The van der Waals surface area contributed by atoms with Gasteiger partial charge >= 0.3 is 4.87 Å². The van der Waals surface area contributed by atoms with Gasteiger partial charge in [-0.2, -0.15) is 5.26 Å². The molecule has 0 radical (unpaired) electrons. The van der Waals surface area contributed by atoms with Gasteiger partial charge in [-0.25, -0.2) is 8.42 Å². The molecule has 0 spiro atoms. The summed E-state index contributed by atoms with van der Waals surface area (Å²) in [6, 6.07) is 10.5. The number of para-hydroxylation sites is 1. The lowest BCUT2D eigenvalue weighted by molar-refractivity contribution is 0.592. The van der Waals surface area contributed by atoms with Crippen molar-refractivity contribution in [2.24, 2.45) is 0 Å². The highest BCUT2D eigenvalue weighted by Gasteiger charge is 2.28. The number of benzene rings is 1. The van der Waals surface area contributed by atoms with Crippen LogP contribution in [0.15, 0.2) is 39.3 Å². The Morgan fingerprint density at radius 3 is 2.52 bits per heavy atom. The number of hydrogen-bond acceptors (Lipinski definition) is 5. The fourth-order valence-electron chi connectivity index (χ4n) is 1.87. The zero-order chi connectivity index (χ0) is 15.5. The van der Waals surface area contributed by atoms with E-state index in [4.69, 9.17) is 5.26 Å². The van der Waals surface area contributed by atoms with Gasteiger partial charge in [-0.05, 0) is 19.1 Å². The molecule has 1 aromatic carbocycles. The van der Waals surface area contributed by atoms with Crippen molar-refractivity contribution in [2.75, 3.05) is 10.8 Å². The maximum atomic E-state index is 12.7. The summed E-state index contributed by atoms with van der Waals surface area (Å²) in [5.41, 5.74) is 0.774. The quantitative estimate of drug-likeness (QED) is 0.908. The third-order valence-electron chi connectivity index (χ3n) is 2.78. The number of anilines is 1. The van der Waals surface area contributed by atoms with Crippen LogP contribution in [0.3, 0.4) is 0 Å². The molecule has 0 fully saturated rings. The molecule has 0 unspecified atom stereocenters. The van der Waals surface area contributed by atoms with Gasteiger partial charge in [-0.15, -0.1) is 0 Å². The minimum absolute atomic E-state index is 0.0192. The van der Waals surface area contributed by atoms with Crippen LogP contribution in [0.5, 0.6) is 0 Å². The summed E-state index contributed by atoms with van der Waals surface area (Å²) in [4.78, 5) is 13.4. The zero-order valence-electron chi connectivity index (χ0n) is 11.2. The first-order valence-corrected chi connectivity index (χ1v) is 8.37. The van der Waals surface area contributed by atoms with E-state index in [1.54, 1.807) is 30.3 Å². The Morgan fingerprint density at radius 2 is 2.00 bits per heavy atom. The molecular formula is C13H13N3O3S2. The lowest BCUT2D eigenvalue weighted by Crippen LogP contribution is -2.31. The van der Waals surface area contributed by atoms with Crippen LogP contribution in [0.25, 0.3) is 0 Å². The summed E-state index contributed by atoms with van der Waals surface area (Å²) in [5, 5.41) is 8.73. The number of aromatic nitrogens is 1. The number of rotatable bonds is 5. The lowest BCUT2D eigenvalue weighted by Gasteiger charge is -2.22. The van der Waals surface area contributed by atoms with Gasteiger partial charge in [0.2, 0.25) is 0 Å². The number of nitriles is 1. The molecule has 2 rings (SSSR count). The van der Waals surface area contributed by atoms with Gasteiger partial charge in [0.05, 0.1) is 18.2 Å². The fraction of sp³-hybridized carbons (Fsp3) is 0.231. The Hall–Kier alpha value is -2.11. The van der Waals surface area contributed by atoms with E-state index in [2.05, 4.69) is 4.98 Å². The van der Waals surface area contributed by atoms with E-state index in [-0.39, 0.29) is 17.2 Å². The van der Waals surface area contributed by atoms with Gasteiger partial charge in [0.15, 0.2) is 4.21 Å². The van der Waals surface area contributed by atoms with Gasteiger partial charge < -0.3 is 4.98 Å². The first kappa shape index (κ1) is 15.3. The normalized spacial score (nSPS) is 11.0. The molecule has 21 heavy (non-hydrogen) atoms. The highest BCUT2D eigenvalue weighted by molar-refractivity contribution is 7.94. The second-order valence-corrected chi connectivity index (χ2v) is 7.29. The molecule has 6 nitrogen and oxygen atoms in total. The summed E-state index contributed by atoms with van der Waals surface area (Å²) < 4.78 is 26.6. The molecule has 0 bridgehead atoms. The third kappa shape index (κ3) is 3.15. The van der Waals surface area contributed by atoms with Crippen molar-refractivity contribution in [3.05, 3.63) is 45.7 Å². The molecule has 0 atom stereocenters. The van der Waals surface area contributed by atoms with Gasteiger partial charge in [0, 0.05) is 12.2 Å². The number of sulfonamides is 1. The largest absolute Gasteiger partial charge is 0.315 e. The van der Waals surface area contributed by atoms with Crippen LogP contribution in [0.1, 0.15) is 12.1 Å². The predicted octanol–water partition coefficient (Wildman–Crippen LogP) is 1.85. The highest BCUT2D eigenvalue weighted by atomic mass is 32.2. The monoisotopic (exact) mass is 323 g/mol. The lowest BCUT2D eigenvalue weighted by atomic mass is 10.3. The Labute approximate surface area is 126 Å². The van der Waals surface area contributed by atoms with Gasteiger partial charge in [-0.1, -0.05) is 29.5 Å². The summed E-state index contributed by atoms with van der Waals surface area (Å²) in [7, 11) is -3.87. The molecule has 1 N–H and O–H groups in total. The maximum absolute atomic E-state index is 12.7. The molecule has 2 aromatic rings. The van der Waals surface area contributed by atoms with Gasteiger partial charge in [0.25, 0.3) is 10.0 Å². The van der Waals surface area contributed by atoms with E-state index in [0.29, 0.717) is 22.7 Å². The van der Waals surface area contributed by atoms with E-state index >= 15 is 0 Å². The number of H-pyrrole nitrogens is 1. The number of hydrogen-bond donors (Lipinski definition) is 1. The molecule has 0 amide bonds. The Morgan fingerprint density at radius 1 is 1.33 bits per heavy atom. The van der Waals surface area contributed by atoms with E-state index in [1.165, 1.54) is 6.92 Å². The Kier molecular flexibility index (Phi) is 4.45. The average molecular weight is 323 g/mol. The first-order chi connectivity index (χ1) is 9.96. The molecular weight excluding hydrogens is 310 g/mol. The Bertz CT molecular complexity index is 816. The number of nitrogens with one attached hydrogen (secondary N) is 1.